The molecule has 0 amide bonds. The number of ketones is 1. The molecule has 9 nitrogen and oxygen atoms in total. The molecule has 186 valence electrons. The number of carbonyl (C=O) groups excluding carboxylic acids is 1. The van der Waals surface area contributed by atoms with Crippen LogP contribution in [0, 0.1) is 19.7 Å². The predicted molar refractivity (Wildman–Crippen MR) is 132 cm³/mol. The molecule has 1 aliphatic rings. The van der Waals surface area contributed by atoms with Gasteiger partial charge in [0.2, 0.25) is 21.8 Å². The zero-order chi connectivity index (χ0) is 25.3. The number of nitrogens with one attached hydrogen (secondary N) is 1. The van der Waals surface area contributed by atoms with Crippen LogP contribution in [0.25, 0.3) is 0 Å². The molecule has 0 atom stereocenters. The highest BCUT2D eigenvalue weighted by atomic mass is 32.2. The number of halogens is 1. The van der Waals surface area contributed by atoms with Crippen molar-refractivity contribution in [2.45, 2.75) is 37.6 Å². The quantitative estimate of drug-likeness (QED) is 0.455. The Balaban J connectivity index is 1.43. The van der Waals surface area contributed by atoms with E-state index in [0.29, 0.717) is 30.8 Å². The van der Waals surface area contributed by atoms with Gasteiger partial charge in [0.25, 0.3) is 0 Å². The van der Waals surface area contributed by atoms with Gasteiger partial charge >= 0.3 is 0 Å². The fourth-order valence-electron chi connectivity index (χ4n) is 4.07. The molecule has 12 heteroatoms. The number of aromatic nitrogens is 2. The van der Waals surface area contributed by atoms with Crippen molar-refractivity contribution in [3.8, 4) is 5.75 Å². The van der Waals surface area contributed by atoms with E-state index in [2.05, 4.69) is 15.3 Å². The maximum absolute atomic E-state index is 13.7. The Morgan fingerprint density at radius 2 is 1.94 bits per heavy atom. The van der Waals surface area contributed by atoms with Crippen molar-refractivity contribution in [1.29, 1.82) is 0 Å². The minimum Gasteiger partial charge on any atom is -0.496 e. The zero-order valence-electron chi connectivity index (χ0n) is 19.5. The largest absolute Gasteiger partial charge is 0.496 e. The normalized spacial score (nSPS) is 15.2. The smallest absolute Gasteiger partial charge is 0.244 e. The van der Waals surface area contributed by atoms with E-state index in [1.54, 1.807) is 6.07 Å². The summed E-state index contributed by atoms with van der Waals surface area (Å²) in [6, 6.07) is 5.30. The number of sulfonamides is 1. The fourth-order valence-corrected chi connectivity index (χ4v) is 7.06. The summed E-state index contributed by atoms with van der Waals surface area (Å²) in [6.07, 6.45) is 2.41. The van der Waals surface area contributed by atoms with Crippen molar-refractivity contribution in [2.75, 3.05) is 31.2 Å². The number of nitrogens with two attached hydrogens (primary N) is 1. The second-order valence-electron chi connectivity index (χ2n) is 8.27. The molecule has 0 aliphatic carbocycles. The topological polar surface area (TPSA) is 128 Å². The Morgan fingerprint density at radius 1 is 1.23 bits per heavy atom. The van der Waals surface area contributed by atoms with Crippen molar-refractivity contribution in [3.63, 3.8) is 0 Å². The monoisotopic (exact) mass is 519 g/mol. The van der Waals surface area contributed by atoms with E-state index >= 15 is 0 Å². The van der Waals surface area contributed by atoms with E-state index in [-0.39, 0.29) is 34.7 Å². The van der Waals surface area contributed by atoms with Crippen LogP contribution in [0.15, 0.2) is 35.4 Å². The number of nitrogen functional groups attached to an aromatic ring is 1. The highest BCUT2D eigenvalue weighted by Crippen LogP contribution is 2.30. The molecule has 0 unspecified atom stereocenters. The predicted octanol–water partition coefficient (Wildman–Crippen LogP) is 3.38. The van der Waals surface area contributed by atoms with Gasteiger partial charge in [-0.1, -0.05) is 0 Å². The zero-order valence-corrected chi connectivity index (χ0v) is 21.2. The third-order valence-electron chi connectivity index (χ3n) is 5.87. The Labute approximate surface area is 207 Å². The molecule has 2 aromatic heterocycles. The Bertz CT molecular complexity index is 1370. The van der Waals surface area contributed by atoms with Gasteiger partial charge in [-0.15, -0.1) is 11.3 Å². The van der Waals surface area contributed by atoms with Gasteiger partial charge in [-0.2, -0.15) is 9.29 Å². The average Bonchev–Trinajstić information content (AvgIpc) is 3.17. The minimum absolute atomic E-state index is 0.0214. The first-order valence-corrected chi connectivity index (χ1v) is 13.2. The molecule has 3 N–H and O–H groups in total. The lowest BCUT2D eigenvalue weighted by Gasteiger charge is -2.31. The number of hydrogen-bond donors (Lipinski definition) is 2. The van der Waals surface area contributed by atoms with Gasteiger partial charge in [-0.25, -0.2) is 17.8 Å². The number of methoxy groups -OCH3 is 1. The number of thiophene rings is 1. The van der Waals surface area contributed by atoms with E-state index in [1.807, 2.05) is 13.8 Å². The van der Waals surface area contributed by atoms with Gasteiger partial charge in [-0.05, 0) is 51.0 Å². The average molecular weight is 520 g/mol. The number of benzene rings is 1. The van der Waals surface area contributed by atoms with Crippen LogP contribution in [0.4, 0.5) is 16.2 Å². The van der Waals surface area contributed by atoms with Crippen LogP contribution >= 0.6 is 11.3 Å². The number of ether oxygens (including phenoxy) is 1. The number of rotatable bonds is 7. The Kier molecular flexibility index (Phi) is 7.06. The van der Waals surface area contributed by atoms with E-state index < -0.39 is 21.6 Å². The van der Waals surface area contributed by atoms with Crippen molar-refractivity contribution in [3.05, 3.63) is 57.2 Å². The first-order chi connectivity index (χ1) is 16.6. The van der Waals surface area contributed by atoms with Crippen molar-refractivity contribution < 1.29 is 22.3 Å². The molecule has 0 bridgehead atoms. The van der Waals surface area contributed by atoms with Crippen LogP contribution in [0.2, 0.25) is 0 Å². The highest BCUT2D eigenvalue weighted by molar-refractivity contribution is 7.89. The summed E-state index contributed by atoms with van der Waals surface area (Å²) in [6.45, 7) is 4.44. The van der Waals surface area contributed by atoms with Gasteiger partial charge in [0.15, 0.2) is 0 Å². The molecule has 1 aromatic carbocycles. The van der Waals surface area contributed by atoms with Gasteiger partial charge in [0, 0.05) is 35.1 Å². The summed E-state index contributed by atoms with van der Waals surface area (Å²) >= 11 is 1.47. The van der Waals surface area contributed by atoms with Crippen LogP contribution in [0.5, 0.6) is 5.75 Å². The molecule has 0 spiro atoms. The second kappa shape index (κ2) is 9.88. The van der Waals surface area contributed by atoms with E-state index in [0.717, 1.165) is 15.8 Å². The van der Waals surface area contributed by atoms with Crippen LogP contribution in [0.3, 0.4) is 0 Å². The molecule has 3 aromatic rings. The summed E-state index contributed by atoms with van der Waals surface area (Å²) in [5.74, 6) is -0.738. The molecule has 0 radical (unpaired) electrons. The number of anilines is 2. The third kappa shape index (κ3) is 5.14. The lowest BCUT2D eigenvalue weighted by atomic mass is 10.0. The molecular weight excluding hydrogens is 493 g/mol. The fraction of sp³-hybridized carbons (Fsp3) is 0.348. The summed E-state index contributed by atoms with van der Waals surface area (Å²) in [7, 11) is -2.15. The summed E-state index contributed by atoms with van der Waals surface area (Å²) < 4.78 is 46.4. The SMILES string of the molecule is COc1ccc(F)cc1C(=O)c1cnc(NC2CCN(S(=O)(=O)c3cc(C)sc3C)CC2)nc1N. The summed E-state index contributed by atoms with van der Waals surface area (Å²) in [5, 5.41) is 3.17. The molecule has 4 rings (SSSR count). The number of piperidine rings is 1. The Morgan fingerprint density at radius 3 is 2.54 bits per heavy atom. The first-order valence-electron chi connectivity index (χ1n) is 10.9. The molecule has 1 fully saturated rings. The highest BCUT2D eigenvalue weighted by Gasteiger charge is 2.31. The number of aryl methyl sites for hydroxylation is 2. The third-order valence-corrected chi connectivity index (χ3v) is 8.99. The molecule has 3 heterocycles. The van der Waals surface area contributed by atoms with Crippen molar-refractivity contribution >= 4 is 38.9 Å². The van der Waals surface area contributed by atoms with Crippen LogP contribution in [-0.2, 0) is 10.0 Å². The molecule has 35 heavy (non-hydrogen) atoms. The number of nitrogens with zero attached hydrogens (tertiary/aromatic N) is 3. The van der Waals surface area contributed by atoms with Crippen molar-refractivity contribution in [2.24, 2.45) is 0 Å². The first kappa shape index (κ1) is 25.0. The van der Waals surface area contributed by atoms with Crippen LogP contribution < -0.4 is 15.8 Å². The van der Waals surface area contributed by atoms with Gasteiger partial charge in [0.05, 0.1) is 23.1 Å². The second-order valence-corrected chi connectivity index (χ2v) is 11.6. The van der Waals surface area contributed by atoms with E-state index in [1.165, 1.54) is 41.1 Å². The van der Waals surface area contributed by atoms with Gasteiger partial charge in [0.1, 0.15) is 17.4 Å². The maximum Gasteiger partial charge on any atom is 0.244 e. The Hall–Kier alpha value is -3.09. The van der Waals surface area contributed by atoms with E-state index in [9.17, 15) is 17.6 Å². The summed E-state index contributed by atoms with van der Waals surface area (Å²) in [5.41, 5.74) is 6.07. The number of carbonyl (C=O) groups is 1. The maximum atomic E-state index is 13.7. The number of hydrogen-bond acceptors (Lipinski definition) is 9. The molecule has 0 saturated carbocycles. The lowest BCUT2D eigenvalue weighted by molar-refractivity contribution is 0.103. The van der Waals surface area contributed by atoms with Crippen LogP contribution in [0.1, 0.15) is 38.5 Å². The summed E-state index contributed by atoms with van der Waals surface area (Å²) in [4.78, 5) is 23.4. The van der Waals surface area contributed by atoms with Gasteiger partial charge in [-0.3, -0.25) is 4.79 Å². The standard InChI is InChI=1S/C23H26FN5O4S2/c1-13-10-20(14(2)34-13)35(31,32)29-8-6-16(7-9-29)27-23-26-12-18(22(25)28-23)21(30)17-11-15(24)4-5-19(17)33-3/h4-5,10-12,16H,6-9H2,1-3H3,(H3,25,26,27,28). The molecular formula is C23H26FN5O4S2. The van der Waals surface area contributed by atoms with Crippen molar-refractivity contribution in [1.82, 2.24) is 14.3 Å². The van der Waals surface area contributed by atoms with Crippen LogP contribution in [-0.4, -0.2) is 54.7 Å². The molecule has 1 saturated heterocycles. The minimum atomic E-state index is -3.53. The molecule has 1 aliphatic heterocycles. The lowest BCUT2D eigenvalue weighted by Crippen LogP contribution is -2.42. The van der Waals surface area contributed by atoms with Gasteiger partial charge < -0.3 is 15.8 Å². The van der Waals surface area contributed by atoms with E-state index in [4.69, 9.17) is 10.5 Å².